The van der Waals surface area contributed by atoms with Crippen molar-refractivity contribution in [3.63, 3.8) is 0 Å². The summed E-state index contributed by atoms with van der Waals surface area (Å²) in [6.07, 6.45) is 17.4. The average Bonchev–Trinajstić information content (AvgIpc) is 2.75. The molecule has 0 amide bonds. The van der Waals surface area contributed by atoms with Gasteiger partial charge in [0.25, 0.3) is 0 Å². The molecule has 1 atom stereocenters. The minimum atomic E-state index is 0. The second-order valence-corrected chi connectivity index (χ2v) is 12.0. The summed E-state index contributed by atoms with van der Waals surface area (Å²) in [7, 11) is 2.91. The molecule has 5 heteroatoms. The van der Waals surface area contributed by atoms with Crippen molar-refractivity contribution < 1.29 is 44.0 Å². The molecular weight excluding hydrogens is 334 g/mol. The molecule has 0 radical (unpaired) electrons. The van der Waals surface area contributed by atoms with E-state index in [1.54, 1.807) is 0 Å². The van der Waals surface area contributed by atoms with Gasteiger partial charge in [0.1, 0.15) is 0 Å². The fourth-order valence-electron chi connectivity index (χ4n) is 1.47. The molecule has 0 saturated heterocycles. The van der Waals surface area contributed by atoms with Crippen LogP contribution in [0.15, 0.2) is 18.2 Å². The molecule has 0 aromatic rings. The van der Waals surface area contributed by atoms with Gasteiger partial charge in [0.05, 0.1) is 0 Å². The molecule has 0 aromatic carbocycles. The maximum Gasteiger partial charge on any atom is -0.0264 e. The van der Waals surface area contributed by atoms with Crippen LogP contribution in [0, 0.1) is 6.08 Å². The second-order valence-electron chi connectivity index (χ2n) is 4.40. The van der Waals surface area contributed by atoms with Gasteiger partial charge in [-0.1, -0.05) is 19.3 Å². The first-order valence-electron chi connectivity index (χ1n) is 6.12. The molecule has 2 rings (SSSR count). The van der Waals surface area contributed by atoms with Crippen LogP contribution < -0.4 is 24.8 Å². The molecule has 0 spiro atoms. The summed E-state index contributed by atoms with van der Waals surface area (Å²) in [6.45, 7) is 4.54. The topological polar surface area (TPSA) is 0 Å². The van der Waals surface area contributed by atoms with Crippen LogP contribution >= 0.6 is 9.24 Å². The van der Waals surface area contributed by atoms with Gasteiger partial charge in [-0.2, -0.15) is 6.08 Å². The van der Waals surface area contributed by atoms with E-state index in [9.17, 15) is 0 Å². The van der Waals surface area contributed by atoms with Crippen molar-refractivity contribution in [3.8, 4) is 0 Å². The van der Waals surface area contributed by atoms with Crippen molar-refractivity contribution in [3.05, 3.63) is 24.3 Å². The molecule has 2 aliphatic carbocycles. The normalized spacial score (nSPS) is 16.3. The van der Waals surface area contributed by atoms with Gasteiger partial charge in [0, 0.05) is 0 Å². The summed E-state index contributed by atoms with van der Waals surface area (Å²) in [4.78, 5) is 0. The van der Waals surface area contributed by atoms with Crippen LogP contribution in [0.25, 0.3) is 0 Å². The quantitative estimate of drug-likeness (QED) is 0.275. The van der Waals surface area contributed by atoms with Gasteiger partial charge in [0.2, 0.25) is 0 Å². The predicted molar refractivity (Wildman–Crippen MR) is 75.6 cm³/mol. The van der Waals surface area contributed by atoms with Gasteiger partial charge in [-0.25, -0.2) is 12.2 Å². The van der Waals surface area contributed by atoms with E-state index in [4.69, 9.17) is 0 Å². The van der Waals surface area contributed by atoms with Gasteiger partial charge in [-0.05, 0) is 18.5 Å². The van der Waals surface area contributed by atoms with E-state index >= 15 is 0 Å². The van der Waals surface area contributed by atoms with Crippen LogP contribution in [0.3, 0.4) is 0 Å². The van der Waals surface area contributed by atoms with Crippen molar-refractivity contribution in [2.75, 3.05) is 0 Å². The molecule has 0 nitrogen and oxygen atoms in total. The van der Waals surface area contributed by atoms with Crippen LogP contribution in [0.5, 0.6) is 0 Å². The van der Waals surface area contributed by atoms with Crippen molar-refractivity contribution in [2.45, 2.75) is 57.3 Å². The molecular formula is C13H24Cl2PSiTi-. The van der Waals surface area contributed by atoms with Crippen molar-refractivity contribution in [1.29, 1.82) is 0 Å². The first-order chi connectivity index (χ1) is 7.63. The van der Waals surface area contributed by atoms with Crippen LogP contribution in [-0.4, -0.2) is 11.8 Å². The number of rotatable bonds is 0. The Hall–Kier alpha value is 1.42. The molecule has 104 valence electrons. The summed E-state index contributed by atoms with van der Waals surface area (Å²) < 4.78 is 0. The van der Waals surface area contributed by atoms with Crippen LogP contribution in [-0.2, 0) is 19.2 Å². The predicted octanol–water partition coefficient (Wildman–Crippen LogP) is -1.71. The second kappa shape index (κ2) is 18.4. The van der Waals surface area contributed by atoms with E-state index in [0.717, 1.165) is 12.1 Å². The van der Waals surface area contributed by atoms with Gasteiger partial charge in [-0.3, -0.25) is 6.08 Å². The molecule has 0 heterocycles. The van der Waals surface area contributed by atoms with E-state index in [2.05, 4.69) is 53.7 Å². The number of halogens is 2. The Balaban J connectivity index is -0.000000185. The van der Waals surface area contributed by atoms with Crippen LogP contribution in [0.4, 0.5) is 0 Å². The van der Waals surface area contributed by atoms with Crippen molar-refractivity contribution in [2.24, 2.45) is 0 Å². The first kappa shape index (κ1) is 24.4. The Bertz CT molecular complexity index is 225. The van der Waals surface area contributed by atoms with E-state index in [1.165, 1.54) is 32.1 Å². The number of allylic oxidation sites excluding steroid dienone is 4. The third-order valence-corrected chi connectivity index (χ3v) is 2.90. The zero-order chi connectivity index (χ0) is 12.2. The molecule has 18 heavy (non-hydrogen) atoms. The minimum absolute atomic E-state index is 0. The molecule has 0 bridgehead atoms. The molecule has 0 aromatic heterocycles. The van der Waals surface area contributed by atoms with Gasteiger partial charge < -0.3 is 24.8 Å². The molecule has 0 aliphatic heterocycles. The van der Waals surface area contributed by atoms with E-state index in [-0.39, 0.29) is 31.0 Å². The molecule has 1 unspecified atom stereocenters. The fourth-order valence-corrected chi connectivity index (χ4v) is 1.95. The van der Waals surface area contributed by atoms with Crippen molar-refractivity contribution >= 4 is 15.4 Å². The van der Waals surface area contributed by atoms with E-state index < -0.39 is 0 Å². The molecule has 1 saturated carbocycles. The largest absolute Gasteiger partial charge is 1.00 e. The monoisotopic (exact) mass is 357 g/mol. The fraction of sp³-hybridized carbons (Fsp3) is 0.692. The summed E-state index contributed by atoms with van der Waals surface area (Å²) >= 11 is 2.27. The zero-order valence-corrected chi connectivity index (χ0v) is 16.6. The number of hydrogen-bond acceptors (Lipinski definition) is 0. The van der Waals surface area contributed by atoms with Gasteiger partial charge in [0.15, 0.2) is 0 Å². The summed E-state index contributed by atoms with van der Waals surface area (Å²) in [5, 5.41) is 0. The molecule has 0 N–H and O–H groups in total. The Morgan fingerprint density at radius 2 is 1.67 bits per heavy atom. The first-order valence-corrected chi connectivity index (χ1v) is 11.6. The van der Waals surface area contributed by atoms with E-state index in [1.807, 2.05) is 12.2 Å². The summed E-state index contributed by atoms with van der Waals surface area (Å²) in [6, 6.07) is 0. The summed E-state index contributed by atoms with van der Waals surface area (Å²) in [5.41, 5.74) is 0.953. The van der Waals surface area contributed by atoms with Crippen molar-refractivity contribution in [1.82, 2.24) is 0 Å². The Morgan fingerprint density at radius 1 is 1.17 bits per heavy atom. The smallest absolute Gasteiger partial charge is 0.0264 e. The van der Waals surface area contributed by atoms with E-state index in [0.29, 0.717) is 0 Å². The minimum Gasteiger partial charge on any atom is -1.00 e. The van der Waals surface area contributed by atoms with Gasteiger partial charge in [-0.15, -0.1) is 15.7 Å². The Morgan fingerprint density at radius 3 is 1.83 bits per heavy atom. The zero-order valence-electron chi connectivity index (χ0n) is 11.4. The average molecular weight is 358 g/mol. The Labute approximate surface area is 140 Å². The number of hydrogen-bond donors (Lipinski definition) is 0. The SMILES string of the molecule is C[Si](C)=[Ti+2].PC1CCCCC1.[C-]1=CC=CC1.[Cl-].[Cl-]. The maximum atomic E-state index is 2.99. The standard InChI is InChI=1S/C6H13P.C5H5.C2H6Si.2ClH.Ti/c7-6-4-2-1-3-5-6;1-2-4-5-3-1;1-3-2;;;/h6H,1-5,7H2;1-3H,4H2;1-2H3;2*1H;/q;-1;;;;+2/p-2. The molecule has 2 aliphatic rings. The maximum absolute atomic E-state index is 2.99. The summed E-state index contributed by atoms with van der Waals surface area (Å²) in [5.74, 6) is 0. The van der Waals surface area contributed by atoms with Gasteiger partial charge >= 0.3 is 38.5 Å². The third kappa shape index (κ3) is 22.6. The molecule has 1 fully saturated rings. The third-order valence-electron chi connectivity index (χ3n) is 2.24. The van der Waals surface area contributed by atoms with Crippen LogP contribution in [0.1, 0.15) is 38.5 Å². The van der Waals surface area contributed by atoms with Crippen LogP contribution in [0.2, 0.25) is 13.1 Å². The Kier molecular flexibility index (Phi) is 25.0.